The summed E-state index contributed by atoms with van der Waals surface area (Å²) < 4.78 is 5.72. The van der Waals surface area contributed by atoms with Crippen molar-refractivity contribution in [1.29, 1.82) is 0 Å². The number of anilines is 1. The molecule has 1 amide bonds. The number of rotatable bonds is 6. The molecule has 0 aliphatic rings. The Hall–Kier alpha value is -3.41. The molecule has 1 heterocycles. The van der Waals surface area contributed by atoms with Crippen molar-refractivity contribution in [3.8, 4) is 11.3 Å². The summed E-state index contributed by atoms with van der Waals surface area (Å²) >= 11 is 0. The Morgan fingerprint density at radius 3 is 2.03 bits per heavy atom. The molecule has 0 aliphatic carbocycles. The summed E-state index contributed by atoms with van der Waals surface area (Å²) in [7, 11) is 0. The lowest BCUT2D eigenvalue weighted by Gasteiger charge is -2.19. The van der Waals surface area contributed by atoms with E-state index in [0.29, 0.717) is 11.3 Å². The molecule has 1 N–H and O–H groups in total. The van der Waals surface area contributed by atoms with Crippen LogP contribution in [0.2, 0.25) is 0 Å². The van der Waals surface area contributed by atoms with Crippen molar-refractivity contribution in [2.75, 3.05) is 5.32 Å². The minimum atomic E-state index is -0.455. The van der Waals surface area contributed by atoms with Crippen LogP contribution in [0.3, 0.4) is 0 Å². The van der Waals surface area contributed by atoms with Gasteiger partial charge in [0, 0.05) is 23.4 Å². The van der Waals surface area contributed by atoms with E-state index >= 15 is 0 Å². The van der Waals surface area contributed by atoms with Gasteiger partial charge in [0.1, 0.15) is 5.76 Å². The normalized spacial score (nSPS) is 11.1. The lowest BCUT2D eigenvalue weighted by Crippen LogP contribution is -2.15. The number of carbonyl (C=O) groups excluding carboxylic acids is 1. The summed E-state index contributed by atoms with van der Waals surface area (Å²) in [6.07, 6.45) is 0. The standard InChI is InChI=1S/C23H24N2O4/c1-14(2)18-6-5-7-19(15(3)4)22(18)24-23(26)21-13-12-20(29-21)16-8-10-17(11-9-16)25(27)28/h5-15H,1-4H3,(H,24,26). The van der Waals surface area contributed by atoms with Gasteiger partial charge < -0.3 is 9.73 Å². The number of amides is 1. The SMILES string of the molecule is CC(C)c1cccc(C(C)C)c1NC(=O)c1ccc(-c2ccc([N+](=O)[O-])cc2)o1. The van der Waals surface area contributed by atoms with Gasteiger partial charge in [0.05, 0.1) is 4.92 Å². The number of carbonyl (C=O) groups is 1. The number of furan rings is 1. The van der Waals surface area contributed by atoms with Gasteiger partial charge in [-0.15, -0.1) is 0 Å². The van der Waals surface area contributed by atoms with Crippen LogP contribution in [0.5, 0.6) is 0 Å². The highest BCUT2D eigenvalue weighted by Crippen LogP contribution is 2.33. The third-order valence-corrected chi connectivity index (χ3v) is 4.80. The second-order valence-corrected chi connectivity index (χ2v) is 7.54. The van der Waals surface area contributed by atoms with Gasteiger partial charge in [-0.05, 0) is 47.2 Å². The van der Waals surface area contributed by atoms with Crippen LogP contribution in [0, 0.1) is 10.1 Å². The van der Waals surface area contributed by atoms with Crippen molar-refractivity contribution in [2.45, 2.75) is 39.5 Å². The van der Waals surface area contributed by atoms with Crippen LogP contribution in [0.15, 0.2) is 59.0 Å². The lowest BCUT2D eigenvalue weighted by molar-refractivity contribution is -0.384. The summed E-state index contributed by atoms with van der Waals surface area (Å²) in [6, 6.07) is 15.4. The molecule has 0 aliphatic heterocycles. The van der Waals surface area contributed by atoms with E-state index in [1.165, 1.54) is 12.1 Å². The maximum Gasteiger partial charge on any atom is 0.291 e. The Morgan fingerprint density at radius 1 is 0.931 bits per heavy atom. The number of nitrogens with zero attached hydrogens (tertiary/aromatic N) is 1. The average molecular weight is 392 g/mol. The van der Waals surface area contributed by atoms with Gasteiger partial charge >= 0.3 is 0 Å². The number of nitro benzene ring substituents is 1. The zero-order valence-corrected chi connectivity index (χ0v) is 16.9. The molecule has 0 unspecified atom stereocenters. The highest BCUT2D eigenvalue weighted by molar-refractivity contribution is 6.03. The molecular weight excluding hydrogens is 368 g/mol. The van der Waals surface area contributed by atoms with Gasteiger partial charge in [0.25, 0.3) is 11.6 Å². The van der Waals surface area contributed by atoms with E-state index in [-0.39, 0.29) is 29.2 Å². The monoisotopic (exact) mass is 392 g/mol. The fraction of sp³-hybridized carbons (Fsp3) is 0.261. The van der Waals surface area contributed by atoms with E-state index in [0.717, 1.165) is 16.8 Å². The molecule has 29 heavy (non-hydrogen) atoms. The Bertz CT molecular complexity index is 1010. The van der Waals surface area contributed by atoms with E-state index in [2.05, 4.69) is 33.0 Å². The third kappa shape index (κ3) is 4.37. The molecular formula is C23H24N2O4. The van der Waals surface area contributed by atoms with Crippen LogP contribution >= 0.6 is 0 Å². The van der Waals surface area contributed by atoms with Crippen molar-refractivity contribution >= 4 is 17.3 Å². The molecule has 0 saturated heterocycles. The van der Waals surface area contributed by atoms with E-state index in [9.17, 15) is 14.9 Å². The molecule has 3 rings (SSSR count). The summed E-state index contributed by atoms with van der Waals surface area (Å²) in [5, 5.41) is 13.8. The second kappa shape index (κ2) is 8.31. The Morgan fingerprint density at radius 2 is 1.52 bits per heavy atom. The minimum absolute atomic E-state index is 0.00443. The number of hydrogen-bond donors (Lipinski definition) is 1. The Balaban J connectivity index is 1.87. The molecule has 6 nitrogen and oxygen atoms in total. The molecule has 0 radical (unpaired) electrons. The van der Waals surface area contributed by atoms with Crippen molar-refractivity contribution in [2.24, 2.45) is 0 Å². The van der Waals surface area contributed by atoms with Crippen LogP contribution in [0.1, 0.15) is 61.2 Å². The molecule has 3 aromatic rings. The molecule has 0 bridgehead atoms. The predicted molar refractivity (Wildman–Crippen MR) is 113 cm³/mol. The van der Waals surface area contributed by atoms with Crippen LogP contribution in [0.4, 0.5) is 11.4 Å². The maximum atomic E-state index is 12.9. The third-order valence-electron chi connectivity index (χ3n) is 4.80. The fourth-order valence-corrected chi connectivity index (χ4v) is 3.23. The zero-order chi connectivity index (χ0) is 21.1. The molecule has 150 valence electrons. The van der Waals surface area contributed by atoms with Gasteiger partial charge in [0.2, 0.25) is 0 Å². The maximum absolute atomic E-state index is 12.9. The summed E-state index contributed by atoms with van der Waals surface area (Å²) in [5.41, 5.74) is 3.65. The highest BCUT2D eigenvalue weighted by atomic mass is 16.6. The van der Waals surface area contributed by atoms with Gasteiger partial charge in [-0.2, -0.15) is 0 Å². The summed E-state index contributed by atoms with van der Waals surface area (Å²) in [6.45, 7) is 8.37. The summed E-state index contributed by atoms with van der Waals surface area (Å²) in [4.78, 5) is 23.2. The van der Waals surface area contributed by atoms with Crippen molar-refractivity contribution in [1.82, 2.24) is 0 Å². The molecule has 6 heteroatoms. The Kier molecular flexibility index (Phi) is 5.82. The number of nitrogens with one attached hydrogen (secondary N) is 1. The lowest BCUT2D eigenvalue weighted by atomic mass is 9.92. The van der Waals surface area contributed by atoms with Crippen molar-refractivity contribution in [3.63, 3.8) is 0 Å². The molecule has 0 atom stereocenters. The first-order chi connectivity index (χ1) is 13.8. The van der Waals surface area contributed by atoms with E-state index in [1.54, 1.807) is 24.3 Å². The number of nitro groups is 1. The number of non-ortho nitro benzene ring substituents is 1. The van der Waals surface area contributed by atoms with E-state index < -0.39 is 4.92 Å². The van der Waals surface area contributed by atoms with Crippen LogP contribution in [-0.4, -0.2) is 10.8 Å². The molecule has 2 aromatic carbocycles. The Labute approximate surface area is 169 Å². The van der Waals surface area contributed by atoms with Crippen molar-refractivity contribution in [3.05, 3.63) is 81.6 Å². The second-order valence-electron chi connectivity index (χ2n) is 7.54. The highest BCUT2D eigenvalue weighted by Gasteiger charge is 2.19. The molecule has 0 saturated carbocycles. The zero-order valence-electron chi connectivity index (χ0n) is 16.9. The number of para-hydroxylation sites is 1. The first-order valence-corrected chi connectivity index (χ1v) is 9.56. The van der Waals surface area contributed by atoms with Gasteiger partial charge in [-0.25, -0.2) is 0 Å². The van der Waals surface area contributed by atoms with Crippen LogP contribution in [-0.2, 0) is 0 Å². The first-order valence-electron chi connectivity index (χ1n) is 9.56. The fourth-order valence-electron chi connectivity index (χ4n) is 3.23. The largest absolute Gasteiger partial charge is 0.451 e. The predicted octanol–water partition coefficient (Wildman–Crippen LogP) is 6.35. The molecule has 0 spiro atoms. The summed E-state index contributed by atoms with van der Waals surface area (Å²) in [5.74, 6) is 0.860. The van der Waals surface area contributed by atoms with Crippen molar-refractivity contribution < 1.29 is 14.1 Å². The average Bonchev–Trinajstić information content (AvgIpc) is 3.18. The van der Waals surface area contributed by atoms with Gasteiger partial charge in [-0.1, -0.05) is 45.9 Å². The first kappa shape index (κ1) is 20.3. The van der Waals surface area contributed by atoms with E-state index in [4.69, 9.17) is 4.42 Å². The number of hydrogen-bond acceptors (Lipinski definition) is 4. The minimum Gasteiger partial charge on any atom is -0.451 e. The van der Waals surface area contributed by atoms with Crippen LogP contribution in [0.25, 0.3) is 11.3 Å². The molecule has 0 fully saturated rings. The van der Waals surface area contributed by atoms with Gasteiger partial charge in [0.15, 0.2) is 5.76 Å². The van der Waals surface area contributed by atoms with Gasteiger partial charge in [-0.3, -0.25) is 14.9 Å². The smallest absolute Gasteiger partial charge is 0.291 e. The topological polar surface area (TPSA) is 85.4 Å². The molecule has 1 aromatic heterocycles. The van der Waals surface area contributed by atoms with E-state index in [1.807, 2.05) is 18.2 Å². The quantitative estimate of drug-likeness (QED) is 0.391. The number of benzene rings is 2. The van der Waals surface area contributed by atoms with Crippen LogP contribution < -0.4 is 5.32 Å².